The SMILES string of the molecule is COCCn1c(=N)c(C(=O)NC(C)(C)C)cc2c(=O)n3ccccc3nc21. The molecule has 0 aliphatic rings. The van der Waals surface area contributed by atoms with E-state index in [0.717, 1.165) is 0 Å². The fourth-order valence-electron chi connectivity index (χ4n) is 2.87. The molecule has 0 saturated carbocycles. The van der Waals surface area contributed by atoms with E-state index >= 15 is 0 Å². The molecule has 8 nitrogen and oxygen atoms in total. The number of ether oxygens (including phenoxy) is 1. The van der Waals surface area contributed by atoms with E-state index in [9.17, 15) is 9.59 Å². The molecule has 0 aliphatic heterocycles. The molecule has 3 heterocycles. The molecule has 0 bridgehead atoms. The molecule has 3 aromatic rings. The molecule has 2 N–H and O–H groups in total. The van der Waals surface area contributed by atoms with Crippen molar-refractivity contribution in [1.29, 1.82) is 5.41 Å². The third kappa shape index (κ3) is 3.61. The number of methoxy groups -OCH3 is 1. The van der Waals surface area contributed by atoms with Gasteiger partial charge in [0.25, 0.3) is 11.5 Å². The molecule has 0 aromatic carbocycles. The summed E-state index contributed by atoms with van der Waals surface area (Å²) in [6, 6.07) is 6.72. The van der Waals surface area contributed by atoms with Gasteiger partial charge in [-0.15, -0.1) is 0 Å². The van der Waals surface area contributed by atoms with Crippen LogP contribution in [-0.2, 0) is 11.3 Å². The van der Waals surface area contributed by atoms with Crippen molar-refractivity contribution in [2.75, 3.05) is 13.7 Å². The summed E-state index contributed by atoms with van der Waals surface area (Å²) in [6.07, 6.45) is 1.63. The Balaban J connectivity index is 2.35. The first-order valence-electron chi connectivity index (χ1n) is 8.64. The molecular weight excluding hydrogens is 346 g/mol. The van der Waals surface area contributed by atoms with Crippen LogP contribution in [0.1, 0.15) is 31.1 Å². The minimum atomic E-state index is -0.466. The lowest BCUT2D eigenvalue weighted by molar-refractivity contribution is 0.0916. The van der Waals surface area contributed by atoms with Gasteiger partial charge in [0.1, 0.15) is 16.8 Å². The van der Waals surface area contributed by atoms with Crippen molar-refractivity contribution in [3.8, 4) is 0 Å². The normalized spacial score (nSPS) is 11.9. The zero-order valence-electron chi connectivity index (χ0n) is 15.9. The largest absolute Gasteiger partial charge is 0.383 e. The smallest absolute Gasteiger partial charge is 0.267 e. The van der Waals surface area contributed by atoms with Crippen LogP contribution < -0.4 is 16.4 Å². The third-order valence-corrected chi connectivity index (χ3v) is 4.07. The first kappa shape index (κ1) is 18.8. The molecule has 0 atom stereocenters. The molecule has 0 radical (unpaired) electrons. The van der Waals surface area contributed by atoms with Gasteiger partial charge in [-0.3, -0.25) is 19.4 Å². The van der Waals surface area contributed by atoms with Crippen LogP contribution in [0.15, 0.2) is 35.3 Å². The van der Waals surface area contributed by atoms with Crippen molar-refractivity contribution in [2.45, 2.75) is 32.9 Å². The Bertz CT molecular complexity index is 1140. The van der Waals surface area contributed by atoms with Gasteiger partial charge in [-0.25, -0.2) is 4.98 Å². The van der Waals surface area contributed by atoms with Crippen molar-refractivity contribution in [1.82, 2.24) is 19.3 Å². The second-order valence-corrected chi connectivity index (χ2v) is 7.34. The van der Waals surface area contributed by atoms with Crippen LogP contribution in [0.2, 0.25) is 0 Å². The van der Waals surface area contributed by atoms with E-state index in [1.165, 1.54) is 10.5 Å². The number of carbonyl (C=O) groups is 1. The van der Waals surface area contributed by atoms with Gasteiger partial charge in [-0.05, 0) is 39.0 Å². The van der Waals surface area contributed by atoms with E-state index in [1.54, 1.807) is 36.1 Å². The van der Waals surface area contributed by atoms with Crippen LogP contribution in [0.5, 0.6) is 0 Å². The predicted octanol–water partition coefficient (Wildman–Crippen LogP) is 1.30. The molecule has 0 aliphatic carbocycles. The summed E-state index contributed by atoms with van der Waals surface area (Å²) in [5.41, 5.74) is 0.211. The van der Waals surface area contributed by atoms with Gasteiger partial charge in [0.2, 0.25) is 0 Å². The van der Waals surface area contributed by atoms with Crippen LogP contribution in [0.3, 0.4) is 0 Å². The number of amides is 1. The maximum absolute atomic E-state index is 13.0. The molecule has 0 fully saturated rings. The average Bonchev–Trinajstić information content (AvgIpc) is 2.59. The Morgan fingerprint density at radius 3 is 2.74 bits per heavy atom. The summed E-state index contributed by atoms with van der Waals surface area (Å²) < 4.78 is 8.11. The van der Waals surface area contributed by atoms with Gasteiger partial charge in [0.05, 0.1) is 17.6 Å². The molecule has 27 heavy (non-hydrogen) atoms. The lowest BCUT2D eigenvalue weighted by Gasteiger charge is -2.21. The van der Waals surface area contributed by atoms with Gasteiger partial charge in [0, 0.05) is 25.4 Å². The summed E-state index contributed by atoms with van der Waals surface area (Å²) in [4.78, 5) is 30.2. The molecule has 0 saturated heterocycles. The van der Waals surface area contributed by atoms with Gasteiger partial charge < -0.3 is 14.6 Å². The van der Waals surface area contributed by atoms with E-state index in [1.807, 2.05) is 20.8 Å². The van der Waals surface area contributed by atoms with Crippen molar-refractivity contribution in [3.63, 3.8) is 0 Å². The Morgan fingerprint density at radius 1 is 1.33 bits per heavy atom. The lowest BCUT2D eigenvalue weighted by atomic mass is 10.1. The van der Waals surface area contributed by atoms with Crippen molar-refractivity contribution in [3.05, 3.63) is 51.9 Å². The predicted molar refractivity (Wildman–Crippen MR) is 102 cm³/mol. The topological polar surface area (TPSA) is 101 Å². The fourth-order valence-corrected chi connectivity index (χ4v) is 2.87. The number of fused-ring (bicyclic) bond motifs is 2. The molecule has 3 aromatic heterocycles. The summed E-state index contributed by atoms with van der Waals surface area (Å²) in [5, 5.41) is 11.7. The minimum absolute atomic E-state index is 0.00604. The van der Waals surface area contributed by atoms with Crippen LogP contribution in [0.4, 0.5) is 0 Å². The van der Waals surface area contributed by atoms with E-state index in [0.29, 0.717) is 24.4 Å². The van der Waals surface area contributed by atoms with E-state index < -0.39 is 11.4 Å². The number of hydrogen-bond acceptors (Lipinski definition) is 5. The monoisotopic (exact) mass is 369 g/mol. The summed E-state index contributed by atoms with van der Waals surface area (Å²) >= 11 is 0. The Labute approximate surface area is 155 Å². The first-order chi connectivity index (χ1) is 12.7. The molecule has 142 valence electrons. The van der Waals surface area contributed by atoms with Crippen LogP contribution in [-0.4, -0.2) is 39.1 Å². The number of carbonyl (C=O) groups excluding carboxylic acids is 1. The second kappa shape index (κ2) is 6.96. The molecule has 3 rings (SSSR count). The van der Waals surface area contributed by atoms with Gasteiger partial charge >= 0.3 is 0 Å². The fraction of sp³-hybridized carbons (Fsp3) is 0.368. The van der Waals surface area contributed by atoms with Crippen LogP contribution in [0, 0.1) is 5.41 Å². The van der Waals surface area contributed by atoms with Gasteiger partial charge in [-0.1, -0.05) is 6.07 Å². The summed E-state index contributed by atoms with van der Waals surface area (Å²) in [5.74, 6) is -0.405. The van der Waals surface area contributed by atoms with E-state index in [4.69, 9.17) is 10.1 Å². The highest BCUT2D eigenvalue weighted by Crippen LogP contribution is 2.11. The highest BCUT2D eigenvalue weighted by Gasteiger charge is 2.20. The van der Waals surface area contributed by atoms with E-state index in [-0.39, 0.29) is 22.0 Å². The van der Waals surface area contributed by atoms with Crippen LogP contribution in [0.25, 0.3) is 16.7 Å². The molecule has 0 unspecified atom stereocenters. The zero-order valence-corrected chi connectivity index (χ0v) is 15.9. The number of nitrogens with one attached hydrogen (secondary N) is 2. The average molecular weight is 369 g/mol. The molecular formula is C19H23N5O3. The number of nitrogens with zero attached hydrogens (tertiary/aromatic N) is 3. The molecule has 1 amide bonds. The second-order valence-electron chi connectivity index (χ2n) is 7.34. The van der Waals surface area contributed by atoms with Crippen molar-refractivity contribution in [2.24, 2.45) is 0 Å². The number of rotatable bonds is 4. The third-order valence-electron chi connectivity index (χ3n) is 4.07. The summed E-state index contributed by atoms with van der Waals surface area (Å²) in [6.45, 7) is 6.21. The van der Waals surface area contributed by atoms with Gasteiger partial charge in [0.15, 0.2) is 0 Å². The number of aromatic nitrogens is 3. The highest BCUT2D eigenvalue weighted by molar-refractivity contribution is 5.97. The van der Waals surface area contributed by atoms with Gasteiger partial charge in [-0.2, -0.15) is 0 Å². The van der Waals surface area contributed by atoms with Crippen molar-refractivity contribution < 1.29 is 9.53 Å². The Morgan fingerprint density at radius 2 is 2.07 bits per heavy atom. The highest BCUT2D eigenvalue weighted by atomic mass is 16.5. The summed E-state index contributed by atoms with van der Waals surface area (Å²) in [7, 11) is 1.56. The Kier molecular flexibility index (Phi) is 4.84. The number of pyridine rings is 2. The van der Waals surface area contributed by atoms with Crippen molar-refractivity contribution >= 4 is 22.6 Å². The molecule has 0 spiro atoms. The number of hydrogen-bond donors (Lipinski definition) is 2. The Hall–Kier alpha value is -3.00. The van der Waals surface area contributed by atoms with E-state index in [2.05, 4.69) is 10.3 Å². The molecule has 8 heteroatoms. The first-order valence-corrected chi connectivity index (χ1v) is 8.64. The maximum atomic E-state index is 13.0. The standard InChI is InChI=1S/C19H23N5O3/c1-19(2,3)22-17(25)12-11-13-16(24(15(12)20)9-10-27-4)21-14-7-5-6-8-23(14)18(13)26/h5-8,11,20H,9-10H2,1-4H3,(H,22,25). The quantitative estimate of drug-likeness (QED) is 0.677. The van der Waals surface area contributed by atoms with Crippen LogP contribution >= 0.6 is 0 Å². The zero-order chi connectivity index (χ0) is 19.8. The lowest BCUT2D eigenvalue weighted by Crippen LogP contribution is -2.43. The minimum Gasteiger partial charge on any atom is -0.383 e. The maximum Gasteiger partial charge on any atom is 0.267 e.